The number of amides is 3. The lowest BCUT2D eigenvalue weighted by atomic mass is 9.96. The fourth-order valence-electron chi connectivity index (χ4n) is 5.18. The second-order valence-corrected chi connectivity index (χ2v) is 9.21. The number of nitrogens with one attached hydrogen (secondary N) is 2. The van der Waals surface area contributed by atoms with Crippen LogP contribution in [0.5, 0.6) is 5.75 Å². The summed E-state index contributed by atoms with van der Waals surface area (Å²) < 4.78 is 23.6. The molecule has 180 valence electrons. The Morgan fingerprint density at radius 3 is 2.52 bits per heavy atom. The Hall–Kier alpha value is -2.36. The van der Waals surface area contributed by atoms with Crippen LogP contribution in [0.3, 0.4) is 0 Å². The van der Waals surface area contributed by atoms with Gasteiger partial charge in [0.15, 0.2) is 6.10 Å². The Morgan fingerprint density at radius 1 is 0.939 bits per heavy atom. The van der Waals surface area contributed by atoms with E-state index in [-0.39, 0.29) is 42.3 Å². The molecule has 4 fully saturated rings. The summed E-state index contributed by atoms with van der Waals surface area (Å²) in [5.74, 6) is 0.467. The van der Waals surface area contributed by atoms with Crippen molar-refractivity contribution in [3.63, 3.8) is 0 Å². The summed E-state index contributed by atoms with van der Waals surface area (Å²) in [5, 5.41) is 6.11. The van der Waals surface area contributed by atoms with Gasteiger partial charge in [-0.3, -0.25) is 4.79 Å². The first-order chi connectivity index (χ1) is 16.2. The number of hydrogen-bond acceptors (Lipinski definition) is 6. The second-order valence-electron chi connectivity index (χ2n) is 9.21. The number of hydrogen-bond donors (Lipinski definition) is 2. The van der Waals surface area contributed by atoms with Crippen LogP contribution in [-0.2, 0) is 14.2 Å². The van der Waals surface area contributed by atoms with Gasteiger partial charge in [0.2, 0.25) is 0 Å². The minimum absolute atomic E-state index is 0.0596. The molecule has 3 saturated heterocycles. The predicted octanol–water partition coefficient (Wildman–Crippen LogP) is 1.70. The summed E-state index contributed by atoms with van der Waals surface area (Å²) in [6.45, 7) is 2.96. The molecule has 3 aliphatic heterocycles. The van der Waals surface area contributed by atoms with E-state index < -0.39 is 0 Å². The Kier molecular flexibility index (Phi) is 6.99. The molecule has 1 aromatic rings. The van der Waals surface area contributed by atoms with E-state index in [1.807, 2.05) is 18.2 Å². The average Bonchev–Trinajstić information content (AvgIpc) is 3.43. The molecule has 0 bridgehead atoms. The van der Waals surface area contributed by atoms with Crippen molar-refractivity contribution in [3.05, 3.63) is 29.8 Å². The fraction of sp³-hybridized carbons (Fsp3) is 0.667. The molecule has 5 rings (SSSR count). The van der Waals surface area contributed by atoms with Crippen LogP contribution in [0.15, 0.2) is 24.3 Å². The highest BCUT2D eigenvalue weighted by Crippen LogP contribution is 2.31. The minimum atomic E-state index is -0.346. The first-order valence-corrected chi connectivity index (χ1v) is 12.1. The highest BCUT2D eigenvalue weighted by Gasteiger charge is 2.49. The molecule has 1 aliphatic carbocycles. The molecular weight excluding hydrogens is 426 g/mol. The predicted molar refractivity (Wildman–Crippen MR) is 119 cm³/mol. The van der Waals surface area contributed by atoms with E-state index in [1.54, 1.807) is 11.0 Å². The number of ether oxygens (including phenoxy) is 4. The maximum absolute atomic E-state index is 13.0. The van der Waals surface area contributed by atoms with Crippen molar-refractivity contribution in [2.75, 3.05) is 39.5 Å². The first-order valence-electron chi connectivity index (χ1n) is 12.1. The van der Waals surface area contributed by atoms with Crippen LogP contribution >= 0.6 is 0 Å². The number of benzene rings is 1. The Balaban J connectivity index is 1.18. The molecule has 4 atom stereocenters. The lowest BCUT2D eigenvalue weighted by Gasteiger charge is -2.28. The van der Waals surface area contributed by atoms with Gasteiger partial charge in [-0.15, -0.1) is 0 Å². The Morgan fingerprint density at radius 2 is 1.70 bits per heavy atom. The highest BCUT2D eigenvalue weighted by atomic mass is 16.6. The lowest BCUT2D eigenvalue weighted by Crippen LogP contribution is -2.51. The van der Waals surface area contributed by atoms with Crippen LogP contribution < -0.4 is 15.4 Å². The van der Waals surface area contributed by atoms with Crippen LogP contribution in [0.2, 0.25) is 0 Å². The van der Waals surface area contributed by atoms with Crippen LogP contribution in [0, 0.1) is 0 Å². The molecule has 0 radical (unpaired) electrons. The van der Waals surface area contributed by atoms with Crippen molar-refractivity contribution < 1.29 is 28.5 Å². The smallest absolute Gasteiger partial charge is 0.315 e. The van der Waals surface area contributed by atoms with E-state index in [0.717, 1.165) is 12.8 Å². The molecule has 3 heterocycles. The van der Waals surface area contributed by atoms with E-state index in [2.05, 4.69) is 10.6 Å². The van der Waals surface area contributed by atoms with Crippen molar-refractivity contribution in [3.8, 4) is 5.75 Å². The van der Waals surface area contributed by atoms with Gasteiger partial charge in [0.25, 0.3) is 5.91 Å². The van der Waals surface area contributed by atoms with E-state index in [4.69, 9.17) is 18.9 Å². The van der Waals surface area contributed by atoms with Gasteiger partial charge in [-0.2, -0.15) is 0 Å². The molecule has 9 nitrogen and oxygen atoms in total. The van der Waals surface area contributed by atoms with Crippen molar-refractivity contribution in [1.29, 1.82) is 0 Å². The first kappa shape index (κ1) is 22.4. The normalized spacial score (nSPS) is 30.0. The summed E-state index contributed by atoms with van der Waals surface area (Å²) >= 11 is 0. The molecule has 33 heavy (non-hydrogen) atoms. The topological polar surface area (TPSA) is 98.4 Å². The largest absolute Gasteiger partial charge is 0.484 e. The SMILES string of the molecule is O=C(NC1CCCCC1)N[C@H]1CO[C@H]2[C@@H]1OC[C@@H]2Oc1ccccc1C(=O)N1CCOCC1. The summed E-state index contributed by atoms with van der Waals surface area (Å²) in [4.78, 5) is 27.3. The summed E-state index contributed by atoms with van der Waals surface area (Å²) in [7, 11) is 0. The van der Waals surface area contributed by atoms with Crippen molar-refractivity contribution in [2.24, 2.45) is 0 Å². The molecule has 0 spiro atoms. The van der Waals surface area contributed by atoms with Crippen LogP contribution in [0.25, 0.3) is 0 Å². The highest BCUT2D eigenvalue weighted by molar-refractivity contribution is 5.97. The van der Waals surface area contributed by atoms with Crippen molar-refractivity contribution >= 4 is 11.9 Å². The van der Waals surface area contributed by atoms with Crippen molar-refractivity contribution in [1.82, 2.24) is 15.5 Å². The number of nitrogens with zero attached hydrogens (tertiary/aromatic N) is 1. The maximum Gasteiger partial charge on any atom is 0.315 e. The van der Waals surface area contributed by atoms with Gasteiger partial charge >= 0.3 is 6.03 Å². The van der Waals surface area contributed by atoms with E-state index in [9.17, 15) is 9.59 Å². The number of urea groups is 1. The zero-order valence-electron chi connectivity index (χ0n) is 18.9. The monoisotopic (exact) mass is 459 g/mol. The van der Waals surface area contributed by atoms with Gasteiger partial charge in [0.1, 0.15) is 18.0 Å². The number of carbonyl (C=O) groups excluding carboxylic acids is 2. The number of morpholine rings is 1. The summed E-state index contributed by atoms with van der Waals surface area (Å²) in [6.07, 6.45) is 4.74. The van der Waals surface area contributed by atoms with E-state index >= 15 is 0 Å². The number of carbonyl (C=O) groups is 2. The average molecular weight is 460 g/mol. The summed E-state index contributed by atoms with van der Waals surface area (Å²) in [5.41, 5.74) is 0.530. The zero-order chi connectivity index (χ0) is 22.6. The molecular formula is C24H33N3O6. The number of para-hydroxylation sites is 1. The molecule has 1 aromatic carbocycles. The quantitative estimate of drug-likeness (QED) is 0.696. The fourth-order valence-corrected chi connectivity index (χ4v) is 5.18. The van der Waals surface area contributed by atoms with E-state index in [0.29, 0.717) is 50.8 Å². The molecule has 0 unspecified atom stereocenters. The van der Waals surface area contributed by atoms with Gasteiger partial charge in [0, 0.05) is 19.1 Å². The molecule has 0 aromatic heterocycles. The third kappa shape index (κ3) is 5.10. The molecule has 1 saturated carbocycles. The van der Waals surface area contributed by atoms with Crippen LogP contribution in [-0.4, -0.2) is 86.8 Å². The maximum atomic E-state index is 13.0. The molecule has 2 N–H and O–H groups in total. The van der Waals surface area contributed by atoms with Gasteiger partial charge < -0.3 is 34.5 Å². The summed E-state index contributed by atoms with van der Waals surface area (Å²) in [6, 6.07) is 7.15. The van der Waals surface area contributed by atoms with Gasteiger partial charge in [-0.25, -0.2) is 4.79 Å². The van der Waals surface area contributed by atoms with Gasteiger partial charge in [-0.1, -0.05) is 31.4 Å². The number of fused-ring (bicyclic) bond motifs is 1. The van der Waals surface area contributed by atoms with Gasteiger partial charge in [-0.05, 0) is 25.0 Å². The molecule has 3 amide bonds. The Labute approximate surface area is 194 Å². The third-order valence-corrected chi connectivity index (χ3v) is 6.96. The van der Waals surface area contributed by atoms with E-state index in [1.165, 1.54) is 19.3 Å². The zero-order valence-corrected chi connectivity index (χ0v) is 18.9. The standard InChI is InChI=1S/C24H33N3O6/c28-23(27-10-12-30-13-11-27)17-8-4-5-9-19(17)33-20-15-32-21-18(14-31-22(20)21)26-24(29)25-16-6-2-1-3-7-16/h4-5,8-9,16,18,20-22H,1-3,6-7,10-15H2,(H2,25,26,29)/t18-,20-,21+,22+/m0/s1. The van der Waals surface area contributed by atoms with Crippen LogP contribution in [0.4, 0.5) is 4.79 Å². The van der Waals surface area contributed by atoms with Crippen molar-refractivity contribution in [2.45, 2.75) is 62.5 Å². The lowest BCUT2D eigenvalue weighted by molar-refractivity contribution is 0.0252. The Bertz CT molecular complexity index is 839. The van der Waals surface area contributed by atoms with Crippen LogP contribution in [0.1, 0.15) is 42.5 Å². The molecule has 9 heteroatoms. The van der Waals surface area contributed by atoms with Gasteiger partial charge in [0.05, 0.1) is 38.0 Å². The third-order valence-electron chi connectivity index (χ3n) is 6.96. The number of rotatable bonds is 5. The minimum Gasteiger partial charge on any atom is -0.484 e. The molecule has 4 aliphatic rings. The second kappa shape index (κ2) is 10.3.